The summed E-state index contributed by atoms with van der Waals surface area (Å²) in [5.74, 6) is 0.340. The lowest BCUT2D eigenvalue weighted by molar-refractivity contribution is -0.142. The van der Waals surface area contributed by atoms with Gasteiger partial charge in [-0.25, -0.2) is 0 Å². The van der Waals surface area contributed by atoms with Crippen LogP contribution in [-0.2, 0) is 22.6 Å². The van der Waals surface area contributed by atoms with E-state index in [1.165, 1.54) is 6.07 Å². The number of halogens is 2. The van der Waals surface area contributed by atoms with E-state index in [4.69, 9.17) is 13.9 Å². The Kier molecular flexibility index (Phi) is 5.61. The Morgan fingerprint density at radius 3 is 2.81 bits per heavy atom. The molecule has 0 N–H and O–H groups in total. The molecule has 2 aromatic carbocycles. The third kappa shape index (κ3) is 4.25. The predicted molar refractivity (Wildman–Crippen MR) is 99.7 cm³/mol. The Morgan fingerprint density at radius 2 is 2.04 bits per heavy atom. The van der Waals surface area contributed by atoms with Crippen molar-refractivity contribution in [1.82, 2.24) is 0 Å². The molecule has 0 saturated heterocycles. The minimum absolute atomic E-state index is 0.152. The SMILES string of the molecule is CCOC(=O)Cc1ccc(C)cc1OCc1cc(Br)c2oc(F)cc2c1. The number of carbonyl (C=O) groups excluding carboxylic acids is 1. The summed E-state index contributed by atoms with van der Waals surface area (Å²) in [6.45, 7) is 4.35. The number of furan rings is 1. The molecule has 1 heterocycles. The van der Waals surface area contributed by atoms with Crippen molar-refractivity contribution < 1.29 is 23.1 Å². The van der Waals surface area contributed by atoms with Crippen molar-refractivity contribution in [2.24, 2.45) is 0 Å². The van der Waals surface area contributed by atoms with Gasteiger partial charge in [-0.1, -0.05) is 12.1 Å². The lowest BCUT2D eigenvalue weighted by atomic mass is 10.1. The van der Waals surface area contributed by atoms with E-state index in [9.17, 15) is 9.18 Å². The molecule has 4 nitrogen and oxygen atoms in total. The first kappa shape index (κ1) is 18.5. The van der Waals surface area contributed by atoms with Gasteiger partial charge in [0.2, 0.25) is 0 Å². The van der Waals surface area contributed by atoms with Gasteiger partial charge in [-0.15, -0.1) is 0 Å². The zero-order chi connectivity index (χ0) is 18.7. The number of ether oxygens (including phenoxy) is 2. The molecule has 0 radical (unpaired) electrons. The maximum atomic E-state index is 13.3. The second kappa shape index (κ2) is 7.91. The van der Waals surface area contributed by atoms with Gasteiger partial charge >= 0.3 is 5.97 Å². The molecule has 6 heteroatoms. The Balaban J connectivity index is 1.80. The van der Waals surface area contributed by atoms with Crippen molar-refractivity contribution in [3.8, 4) is 5.75 Å². The van der Waals surface area contributed by atoms with Gasteiger partial charge in [0, 0.05) is 17.0 Å². The van der Waals surface area contributed by atoms with E-state index >= 15 is 0 Å². The predicted octanol–water partition coefficient (Wildman–Crippen LogP) is 5.33. The monoisotopic (exact) mass is 420 g/mol. The molecule has 0 amide bonds. The number of fused-ring (bicyclic) bond motifs is 1. The van der Waals surface area contributed by atoms with Crippen LogP contribution in [0, 0.1) is 12.9 Å². The van der Waals surface area contributed by atoms with Crippen molar-refractivity contribution in [1.29, 1.82) is 0 Å². The molecule has 26 heavy (non-hydrogen) atoms. The molecule has 3 rings (SSSR count). The van der Waals surface area contributed by atoms with E-state index in [1.807, 2.05) is 37.3 Å². The quantitative estimate of drug-likeness (QED) is 0.505. The standard InChI is InChI=1S/C20H18BrFO4/c1-3-24-19(23)10-14-5-4-12(2)6-17(14)25-11-13-7-15-9-18(22)26-20(15)16(21)8-13/h4-9H,3,10-11H2,1-2H3. The molecule has 0 unspecified atom stereocenters. The topological polar surface area (TPSA) is 48.7 Å². The Labute approximate surface area is 159 Å². The summed E-state index contributed by atoms with van der Waals surface area (Å²) in [7, 11) is 0. The van der Waals surface area contributed by atoms with Crippen LogP contribution in [0.25, 0.3) is 11.0 Å². The average molecular weight is 421 g/mol. The molecular formula is C20H18BrFO4. The minimum atomic E-state index is -0.630. The summed E-state index contributed by atoms with van der Waals surface area (Å²) >= 11 is 3.39. The number of hydrogen-bond acceptors (Lipinski definition) is 4. The fourth-order valence-corrected chi connectivity index (χ4v) is 3.30. The van der Waals surface area contributed by atoms with E-state index in [0.29, 0.717) is 27.8 Å². The lowest BCUT2D eigenvalue weighted by Crippen LogP contribution is -2.09. The van der Waals surface area contributed by atoms with Crippen molar-refractivity contribution in [2.45, 2.75) is 26.9 Å². The Bertz CT molecular complexity index is 948. The van der Waals surface area contributed by atoms with Gasteiger partial charge in [-0.3, -0.25) is 4.79 Å². The smallest absolute Gasteiger partial charge is 0.310 e. The molecule has 0 atom stereocenters. The molecular weight excluding hydrogens is 403 g/mol. The third-order valence-electron chi connectivity index (χ3n) is 3.86. The number of hydrogen-bond donors (Lipinski definition) is 0. The zero-order valence-corrected chi connectivity index (χ0v) is 16.1. The summed E-state index contributed by atoms with van der Waals surface area (Å²) in [6, 6.07) is 10.0. The number of aryl methyl sites for hydroxylation is 1. The highest BCUT2D eigenvalue weighted by molar-refractivity contribution is 9.10. The molecule has 0 bridgehead atoms. The number of rotatable bonds is 6. The van der Waals surface area contributed by atoms with Crippen molar-refractivity contribution in [3.05, 3.63) is 63.6 Å². The van der Waals surface area contributed by atoms with E-state index in [0.717, 1.165) is 16.7 Å². The molecule has 0 aliphatic heterocycles. The van der Waals surface area contributed by atoms with Gasteiger partial charge in [0.1, 0.15) is 12.4 Å². The summed E-state index contributed by atoms with van der Waals surface area (Å²) in [5.41, 5.74) is 3.11. The summed E-state index contributed by atoms with van der Waals surface area (Å²) in [6.07, 6.45) is 0.152. The molecule has 3 aromatic rings. The highest BCUT2D eigenvalue weighted by Gasteiger charge is 2.12. The zero-order valence-electron chi connectivity index (χ0n) is 14.5. The van der Waals surface area contributed by atoms with Crippen LogP contribution in [0.15, 0.2) is 45.3 Å². The van der Waals surface area contributed by atoms with E-state index in [2.05, 4.69) is 15.9 Å². The Hall–Kier alpha value is -2.34. The van der Waals surface area contributed by atoms with Crippen molar-refractivity contribution >= 4 is 32.9 Å². The fourth-order valence-electron chi connectivity index (χ4n) is 2.69. The average Bonchev–Trinajstić information content (AvgIpc) is 2.96. The molecule has 0 saturated carbocycles. The molecule has 0 aliphatic rings. The molecule has 0 aliphatic carbocycles. The lowest BCUT2D eigenvalue weighted by Gasteiger charge is -2.13. The van der Waals surface area contributed by atoms with Crippen molar-refractivity contribution in [2.75, 3.05) is 6.61 Å². The van der Waals surface area contributed by atoms with E-state index < -0.39 is 6.01 Å². The molecule has 0 spiro atoms. The number of carbonyl (C=O) groups is 1. The first-order valence-electron chi connectivity index (χ1n) is 8.21. The Morgan fingerprint density at radius 1 is 1.23 bits per heavy atom. The van der Waals surface area contributed by atoms with Crippen LogP contribution < -0.4 is 4.74 Å². The minimum Gasteiger partial charge on any atom is -0.489 e. The highest BCUT2D eigenvalue weighted by atomic mass is 79.9. The van der Waals surface area contributed by atoms with Crippen LogP contribution in [0.2, 0.25) is 0 Å². The van der Waals surface area contributed by atoms with Gasteiger partial charge in [0.05, 0.1) is 17.5 Å². The van der Waals surface area contributed by atoms with E-state index in [-0.39, 0.29) is 19.0 Å². The molecule has 0 fully saturated rings. The molecule has 1 aromatic heterocycles. The summed E-state index contributed by atoms with van der Waals surface area (Å²) in [4.78, 5) is 11.8. The van der Waals surface area contributed by atoms with Gasteiger partial charge in [0.25, 0.3) is 6.01 Å². The van der Waals surface area contributed by atoms with Crippen LogP contribution in [0.3, 0.4) is 0 Å². The fraction of sp³-hybridized carbons (Fsp3) is 0.250. The second-order valence-corrected chi connectivity index (χ2v) is 6.78. The first-order valence-corrected chi connectivity index (χ1v) is 9.01. The van der Waals surface area contributed by atoms with Gasteiger partial charge in [-0.2, -0.15) is 4.39 Å². The highest BCUT2D eigenvalue weighted by Crippen LogP contribution is 2.29. The third-order valence-corrected chi connectivity index (χ3v) is 4.45. The van der Waals surface area contributed by atoms with Crippen LogP contribution in [0.5, 0.6) is 5.75 Å². The van der Waals surface area contributed by atoms with Crippen LogP contribution in [-0.4, -0.2) is 12.6 Å². The summed E-state index contributed by atoms with van der Waals surface area (Å²) in [5, 5.41) is 0.659. The first-order chi connectivity index (χ1) is 12.5. The van der Waals surface area contributed by atoms with E-state index in [1.54, 1.807) is 6.92 Å². The van der Waals surface area contributed by atoms with Gasteiger partial charge < -0.3 is 13.9 Å². The van der Waals surface area contributed by atoms with Gasteiger partial charge in [0.15, 0.2) is 5.58 Å². The normalized spacial score (nSPS) is 10.9. The second-order valence-electron chi connectivity index (χ2n) is 5.93. The van der Waals surface area contributed by atoms with Crippen molar-refractivity contribution in [3.63, 3.8) is 0 Å². The maximum absolute atomic E-state index is 13.3. The summed E-state index contributed by atoms with van der Waals surface area (Å²) < 4.78 is 29.9. The molecule has 136 valence electrons. The maximum Gasteiger partial charge on any atom is 0.310 e. The van der Waals surface area contributed by atoms with Gasteiger partial charge in [-0.05, 0) is 59.1 Å². The van der Waals surface area contributed by atoms with Crippen LogP contribution >= 0.6 is 15.9 Å². The van der Waals surface area contributed by atoms with Crippen LogP contribution in [0.1, 0.15) is 23.6 Å². The number of benzene rings is 2. The van der Waals surface area contributed by atoms with Crippen LogP contribution in [0.4, 0.5) is 4.39 Å². The number of esters is 1. The largest absolute Gasteiger partial charge is 0.489 e.